The van der Waals surface area contributed by atoms with E-state index < -0.39 is 0 Å². The minimum absolute atomic E-state index is 0.0897. The fourth-order valence-corrected chi connectivity index (χ4v) is 2.92. The van der Waals surface area contributed by atoms with Gasteiger partial charge in [0.1, 0.15) is 0 Å². The summed E-state index contributed by atoms with van der Waals surface area (Å²) >= 11 is 0. The Balaban J connectivity index is 1.77. The molecule has 0 aliphatic heterocycles. The molecule has 0 spiro atoms. The van der Waals surface area contributed by atoms with Gasteiger partial charge >= 0.3 is 0 Å². The molecule has 1 aliphatic rings. The molecule has 1 saturated carbocycles. The number of hydrogen-bond acceptors (Lipinski definition) is 3. The highest BCUT2D eigenvalue weighted by Crippen LogP contribution is 2.29. The topological polar surface area (TPSA) is 81.1 Å². The maximum absolute atomic E-state index is 12.0. The first-order chi connectivity index (χ1) is 9.54. The van der Waals surface area contributed by atoms with E-state index in [0.29, 0.717) is 16.9 Å². The summed E-state index contributed by atoms with van der Waals surface area (Å²) in [6.07, 6.45) is 6.30. The quantitative estimate of drug-likeness (QED) is 0.739. The van der Waals surface area contributed by atoms with Crippen LogP contribution < -0.4 is 16.8 Å². The molecule has 0 unspecified atom stereocenters. The van der Waals surface area contributed by atoms with Crippen molar-refractivity contribution in [1.29, 1.82) is 0 Å². The standard InChI is InChI=1S/C16H25N3O/c1-11-2-4-12(5-3-11)6-7-19-16(20)13-8-14(17)10-15(18)9-13/h8-12H,2-7,17-18H2,1H3,(H,19,20). The molecule has 1 fully saturated rings. The first-order valence-corrected chi connectivity index (χ1v) is 7.49. The van der Waals surface area contributed by atoms with E-state index in [0.717, 1.165) is 24.8 Å². The Morgan fingerprint density at radius 3 is 2.35 bits per heavy atom. The van der Waals surface area contributed by atoms with Gasteiger partial charge in [0.2, 0.25) is 0 Å². The summed E-state index contributed by atoms with van der Waals surface area (Å²) in [6, 6.07) is 4.97. The van der Waals surface area contributed by atoms with Gasteiger partial charge in [0.15, 0.2) is 0 Å². The van der Waals surface area contributed by atoms with Crippen LogP contribution in [0.2, 0.25) is 0 Å². The van der Waals surface area contributed by atoms with Crippen LogP contribution in [0.25, 0.3) is 0 Å². The molecule has 4 heteroatoms. The fourth-order valence-electron chi connectivity index (χ4n) is 2.92. The summed E-state index contributed by atoms with van der Waals surface area (Å²) in [4.78, 5) is 12.0. The van der Waals surface area contributed by atoms with E-state index in [4.69, 9.17) is 11.5 Å². The molecule has 1 aromatic carbocycles. The smallest absolute Gasteiger partial charge is 0.251 e. The summed E-state index contributed by atoms with van der Waals surface area (Å²) < 4.78 is 0. The van der Waals surface area contributed by atoms with Gasteiger partial charge in [0.05, 0.1) is 0 Å². The maximum atomic E-state index is 12.0. The average Bonchev–Trinajstić information content (AvgIpc) is 2.40. The van der Waals surface area contributed by atoms with Gasteiger partial charge in [-0.2, -0.15) is 0 Å². The van der Waals surface area contributed by atoms with E-state index in [-0.39, 0.29) is 5.91 Å². The maximum Gasteiger partial charge on any atom is 0.251 e. The van der Waals surface area contributed by atoms with Crippen molar-refractivity contribution in [3.8, 4) is 0 Å². The van der Waals surface area contributed by atoms with Crippen molar-refractivity contribution in [1.82, 2.24) is 5.32 Å². The summed E-state index contributed by atoms with van der Waals surface area (Å²) in [5.41, 5.74) is 13.0. The van der Waals surface area contributed by atoms with Crippen molar-refractivity contribution in [2.75, 3.05) is 18.0 Å². The van der Waals surface area contributed by atoms with Crippen LogP contribution >= 0.6 is 0 Å². The van der Waals surface area contributed by atoms with E-state index in [1.54, 1.807) is 18.2 Å². The largest absolute Gasteiger partial charge is 0.399 e. The van der Waals surface area contributed by atoms with Gasteiger partial charge in [-0.05, 0) is 36.5 Å². The number of carbonyl (C=O) groups excluding carboxylic acids is 1. The molecular formula is C16H25N3O. The number of nitrogens with one attached hydrogen (secondary N) is 1. The van der Waals surface area contributed by atoms with Gasteiger partial charge < -0.3 is 16.8 Å². The summed E-state index contributed by atoms with van der Waals surface area (Å²) in [7, 11) is 0. The number of nitrogen functional groups attached to an aromatic ring is 2. The Hall–Kier alpha value is -1.71. The number of carbonyl (C=O) groups is 1. The van der Waals surface area contributed by atoms with Gasteiger partial charge in [-0.25, -0.2) is 0 Å². The Morgan fingerprint density at radius 2 is 1.75 bits per heavy atom. The molecule has 0 saturated heterocycles. The van der Waals surface area contributed by atoms with Crippen molar-refractivity contribution >= 4 is 17.3 Å². The van der Waals surface area contributed by atoms with E-state index in [1.165, 1.54) is 25.7 Å². The van der Waals surface area contributed by atoms with Crippen LogP contribution in [-0.4, -0.2) is 12.5 Å². The van der Waals surface area contributed by atoms with Crippen molar-refractivity contribution in [3.63, 3.8) is 0 Å². The molecule has 2 rings (SSSR count). The van der Waals surface area contributed by atoms with Crippen molar-refractivity contribution in [3.05, 3.63) is 23.8 Å². The summed E-state index contributed by atoms with van der Waals surface area (Å²) in [5.74, 6) is 1.54. The highest BCUT2D eigenvalue weighted by atomic mass is 16.1. The highest BCUT2D eigenvalue weighted by Gasteiger charge is 2.18. The second-order valence-corrected chi connectivity index (χ2v) is 6.06. The van der Waals surface area contributed by atoms with E-state index in [9.17, 15) is 4.79 Å². The molecular weight excluding hydrogens is 250 g/mol. The minimum atomic E-state index is -0.0897. The van der Waals surface area contributed by atoms with Gasteiger partial charge in [-0.15, -0.1) is 0 Å². The van der Waals surface area contributed by atoms with Crippen molar-refractivity contribution in [2.45, 2.75) is 39.0 Å². The zero-order valence-corrected chi connectivity index (χ0v) is 12.2. The van der Waals surface area contributed by atoms with Gasteiger partial charge in [0.25, 0.3) is 5.91 Å². The third kappa shape index (κ3) is 4.15. The molecule has 4 nitrogen and oxygen atoms in total. The lowest BCUT2D eigenvalue weighted by atomic mass is 9.81. The lowest BCUT2D eigenvalue weighted by molar-refractivity contribution is 0.0950. The zero-order valence-electron chi connectivity index (χ0n) is 12.2. The summed E-state index contributed by atoms with van der Waals surface area (Å²) in [5, 5.41) is 2.96. The Bertz CT molecular complexity index is 445. The molecule has 1 aliphatic carbocycles. The number of anilines is 2. The Labute approximate surface area is 120 Å². The molecule has 0 atom stereocenters. The van der Waals surface area contributed by atoms with Crippen LogP contribution in [0.15, 0.2) is 18.2 Å². The molecule has 20 heavy (non-hydrogen) atoms. The third-order valence-electron chi connectivity index (χ3n) is 4.21. The zero-order chi connectivity index (χ0) is 14.5. The molecule has 5 N–H and O–H groups in total. The summed E-state index contributed by atoms with van der Waals surface area (Å²) in [6.45, 7) is 3.05. The van der Waals surface area contributed by atoms with Crippen LogP contribution in [-0.2, 0) is 0 Å². The van der Waals surface area contributed by atoms with Crippen LogP contribution in [0.5, 0.6) is 0 Å². The molecule has 0 aromatic heterocycles. The molecule has 0 heterocycles. The lowest BCUT2D eigenvalue weighted by Gasteiger charge is -2.26. The number of benzene rings is 1. The molecule has 0 radical (unpaired) electrons. The molecule has 110 valence electrons. The van der Waals surface area contributed by atoms with E-state index >= 15 is 0 Å². The fraction of sp³-hybridized carbons (Fsp3) is 0.562. The van der Waals surface area contributed by atoms with Gasteiger partial charge in [-0.3, -0.25) is 4.79 Å². The predicted molar refractivity (Wildman–Crippen MR) is 83.3 cm³/mol. The van der Waals surface area contributed by atoms with Crippen LogP contribution in [0.3, 0.4) is 0 Å². The highest BCUT2D eigenvalue weighted by molar-refractivity contribution is 5.96. The lowest BCUT2D eigenvalue weighted by Crippen LogP contribution is -2.27. The minimum Gasteiger partial charge on any atom is -0.399 e. The first kappa shape index (κ1) is 14.7. The van der Waals surface area contributed by atoms with E-state index in [1.807, 2.05) is 0 Å². The van der Waals surface area contributed by atoms with Gasteiger partial charge in [0, 0.05) is 23.5 Å². The number of rotatable bonds is 4. The van der Waals surface area contributed by atoms with Crippen LogP contribution in [0.1, 0.15) is 49.4 Å². The average molecular weight is 275 g/mol. The second-order valence-electron chi connectivity index (χ2n) is 6.06. The molecule has 1 amide bonds. The van der Waals surface area contributed by atoms with Crippen LogP contribution in [0, 0.1) is 11.8 Å². The number of nitrogens with two attached hydrogens (primary N) is 2. The molecule has 1 aromatic rings. The second kappa shape index (κ2) is 6.64. The predicted octanol–water partition coefficient (Wildman–Crippen LogP) is 2.80. The van der Waals surface area contributed by atoms with Crippen molar-refractivity contribution < 1.29 is 4.79 Å². The monoisotopic (exact) mass is 275 g/mol. The van der Waals surface area contributed by atoms with E-state index in [2.05, 4.69) is 12.2 Å². The first-order valence-electron chi connectivity index (χ1n) is 7.49. The Kier molecular flexibility index (Phi) is 4.88. The van der Waals surface area contributed by atoms with Crippen LogP contribution in [0.4, 0.5) is 11.4 Å². The molecule has 0 bridgehead atoms. The third-order valence-corrected chi connectivity index (χ3v) is 4.21. The number of amides is 1. The normalized spacial score (nSPS) is 22.4. The Morgan fingerprint density at radius 1 is 1.15 bits per heavy atom. The number of hydrogen-bond donors (Lipinski definition) is 3. The van der Waals surface area contributed by atoms with Crippen molar-refractivity contribution in [2.24, 2.45) is 11.8 Å². The van der Waals surface area contributed by atoms with Gasteiger partial charge in [-0.1, -0.05) is 32.6 Å². The SMILES string of the molecule is CC1CCC(CCNC(=O)c2cc(N)cc(N)c2)CC1.